The van der Waals surface area contributed by atoms with Crippen LogP contribution in [0.25, 0.3) is 0 Å². The molecule has 1 heterocycles. The van der Waals surface area contributed by atoms with Crippen LogP contribution in [-0.2, 0) is 6.42 Å². The number of amides is 1. The van der Waals surface area contributed by atoms with Crippen molar-refractivity contribution in [1.82, 2.24) is 9.88 Å². The van der Waals surface area contributed by atoms with E-state index in [4.69, 9.17) is 0 Å². The van der Waals surface area contributed by atoms with Gasteiger partial charge in [0.15, 0.2) is 0 Å². The van der Waals surface area contributed by atoms with E-state index in [0.29, 0.717) is 6.54 Å². The Labute approximate surface area is 130 Å². The van der Waals surface area contributed by atoms with Crippen molar-refractivity contribution >= 4 is 17.7 Å². The van der Waals surface area contributed by atoms with Gasteiger partial charge < -0.3 is 4.90 Å². The fourth-order valence-electron chi connectivity index (χ4n) is 2.09. The molecule has 0 aliphatic rings. The van der Waals surface area contributed by atoms with Crippen LogP contribution in [0.2, 0.25) is 0 Å². The van der Waals surface area contributed by atoms with E-state index in [1.807, 2.05) is 56.6 Å². The fraction of sp³-hybridized carbons (Fsp3) is 0.294. The van der Waals surface area contributed by atoms with Gasteiger partial charge in [-0.3, -0.25) is 9.78 Å². The van der Waals surface area contributed by atoms with Crippen molar-refractivity contribution in [3.8, 4) is 0 Å². The third-order valence-electron chi connectivity index (χ3n) is 3.45. The summed E-state index contributed by atoms with van der Waals surface area (Å²) in [5, 5.41) is 0. The molecule has 0 saturated heterocycles. The van der Waals surface area contributed by atoms with Gasteiger partial charge in [-0.25, -0.2) is 0 Å². The Kier molecular flexibility index (Phi) is 5.39. The second kappa shape index (κ2) is 7.27. The van der Waals surface area contributed by atoms with Crippen LogP contribution in [0.1, 0.15) is 21.6 Å². The lowest BCUT2D eigenvalue weighted by Gasteiger charge is -2.18. The molecule has 1 amide bonds. The lowest BCUT2D eigenvalue weighted by atomic mass is 10.1. The van der Waals surface area contributed by atoms with Crippen LogP contribution in [0.4, 0.5) is 0 Å². The molecular formula is C17H20N2OS. The summed E-state index contributed by atoms with van der Waals surface area (Å²) in [6, 6.07) is 11.9. The summed E-state index contributed by atoms with van der Waals surface area (Å²) in [6.07, 6.45) is 4.57. The van der Waals surface area contributed by atoms with E-state index < -0.39 is 0 Å². The zero-order valence-corrected chi connectivity index (χ0v) is 13.5. The van der Waals surface area contributed by atoms with Crippen LogP contribution in [-0.4, -0.2) is 35.6 Å². The van der Waals surface area contributed by atoms with Crippen molar-refractivity contribution in [2.75, 3.05) is 19.8 Å². The Morgan fingerprint density at radius 1 is 1.29 bits per heavy atom. The summed E-state index contributed by atoms with van der Waals surface area (Å²) < 4.78 is 0. The molecule has 0 spiro atoms. The molecule has 0 aliphatic carbocycles. The standard InChI is InChI=1S/C17H20N2OS/c1-13-7-8-15(21-3)12-16(13)17(20)19(2)11-9-14-6-4-5-10-18-14/h4-8,10,12H,9,11H2,1-3H3. The van der Waals surface area contributed by atoms with Crippen molar-refractivity contribution < 1.29 is 4.79 Å². The minimum atomic E-state index is 0.0688. The van der Waals surface area contributed by atoms with Crippen LogP contribution in [0, 0.1) is 6.92 Å². The monoisotopic (exact) mass is 300 g/mol. The zero-order valence-electron chi connectivity index (χ0n) is 12.7. The number of rotatable bonds is 5. The molecule has 0 bridgehead atoms. The predicted octanol–water partition coefficient (Wildman–Crippen LogP) is 3.43. The number of carbonyl (C=O) groups is 1. The summed E-state index contributed by atoms with van der Waals surface area (Å²) in [4.78, 5) is 19.7. The normalized spacial score (nSPS) is 10.4. The van der Waals surface area contributed by atoms with E-state index in [2.05, 4.69) is 4.98 Å². The molecule has 0 fully saturated rings. The number of carbonyl (C=O) groups excluding carboxylic acids is 1. The minimum absolute atomic E-state index is 0.0688. The second-order valence-electron chi connectivity index (χ2n) is 4.98. The summed E-state index contributed by atoms with van der Waals surface area (Å²) >= 11 is 1.65. The van der Waals surface area contributed by atoms with E-state index in [1.165, 1.54) is 0 Å². The van der Waals surface area contributed by atoms with Crippen molar-refractivity contribution in [2.45, 2.75) is 18.2 Å². The summed E-state index contributed by atoms with van der Waals surface area (Å²) in [5.74, 6) is 0.0688. The van der Waals surface area contributed by atoms with Crippen LogP contribution in [0.3, 0.4) is 0 Å². The minimum Gasteiger partial charge on any atom is -0.341 e. The number of hydrogen-bond donors (Lipinski definition) is 0. The number of likely N-dealkylation sites (N-methyl/N-ethyl adjacent to an activating group) is 1. The van der Waals surface area contributed by atoms with E-state index in [1.54, 1.807) is 22.9 Å². The smallest absolute Gasteiger partial charge is 0.253 e. The molecule has 0 saturated carbocycles. The number of nitrogens with zero attached hydrogens (tertiary/aromatic N) is 2. The number of hydrogen-bond acceptors (Lipinski definition) is 3. The van der Waals surface area contributed by atoms with Gasteiger partial charge in [0.2, 0.25) is 0 Å². The maximum Gasteiger partial charge on any atom is 0.253 e. The van der Waals surface area contributed by atoms with Crippen LogP contribution in [0.5, 0.6) is 0 Å². The Bertz CT molecular complexity index is 613. The Morgan fingerprint density at radius 2 is 2.10 bits per heavy atom. The van der Waals surface area contributed by atoms with Gasteiger partial charge >= 0.3 is 0 Å². The van der Waals surface area contributed by atoms with Gasteiger partial charge in [0.25, 0.3) is 5.91 Å². The maximum absolute atomic E-state index is 12.6. The maximum atomic E-state index is 12.6. The number of benzene rings is 1. The third kappa shape index (κ3) is 4.08. The van der Waals surface area contributed by atoms with Crippen LogP contribution in [0.15, 0.2) is 47.5 Å². The Balaban J connectivity index is 2.05. The molecule has 0 aliphatic heterocycles. The predicted molar refractivity (Wildman–Crippen MR) is 87.9 cm³/mol. The highest BCUT2D eigenvalue weighted by Gasteiger charge is 2.14. The average molecular weight is 300 g/mol. The quantitative estimate of drug-likeness (QED) is 0.793. The lowest BCUT2D eigenvalue weighted by molar-refractivity contribution is 0.0795. The van der Waals surface area contributed by atoms with E-state index in [9.17, 15) is 4.79 Å². The highest BCUT2D eigenvalue weighted by Crippen LogP contribution is 2.20. The molecule has 110 valence electrons. The lowest BCUT2D eigenvalue weighted by Crippen LogP contribution is -2.29. The van der Waals surface area contributed by atoms with Gasteiger partial charge in [0.1, 0.15) is 0 Å². The van der Waals surface area contributed by atoms with Crippen molar-refractivity contribution in [3.05, 3.63) is 59.4 Å². The van der Waals surface area contributed by atoms with Gasteiger partial charge in [-0.1, -0.05) is 12.1 Å². The fourth-order valence-corrected chi connectivity index (χ4v) is 2.53. The SMILES string of the molecule is CSc1ccc(C)c(C(=O)N(C)CCc2ccccn2)c1. The van der Waals surface area contributed by atoms with E-state index >= 15 is 0 Å². The largest absolute Gasteiger partial charge is 0.341 e. The number of aryl methyl sites for hydroxylation is 1. The number of pyridine rings is 1. The topological polar surface area (TPSA) is 33.2 Å². The molecule has 2 aromatic rings. The van der Waals surface area contributed by atoms with Gasteiger partial charge in [0.05, 0.1) is 0 Å². The molecule has 4 heteroatoms. The van der Waals surface area contributed by atoms with Gasteiger partial charge in [-0.2, -0.15) is 0 Å². The summed E-state index contributed by atoms with van der Waals surface area (Å²) in [6.45, 7) is 2.64. The van der Waals surface area contributed by atoms with Crippen molar-refractivity contribution in [2.24, 2.45) is 0 Å². The molecule has 0 N–H and O–H groups in total. The molecule has 0 unspecified atom stereocenters. The second-order valence-corrected chi connectivity index (χ2v) is 5.86. The van der Waals surface area contributed by atoms with Gasteiger partial charge in [0, 0.05) is 42.4 Å². The molecule has 1 aromatic heterocycles. The molecule has 1 aromatic carbocycles. The van der Waals surface area contributed by atoms with E-state index in [-0.39, 0.29) is 5.91 Å². The van der Waals surface area contributed by atoms with Gasteiger partial charge in [-0.15, -0.1) is 11.8 Å². The van der Waals surface area contributed by atoms with Crippen LogP contribution >= 0.6 is 11.8 Å². The number of thioether (sulfide) groups is 1. The Hall–Kier alpha value is -1.81. The van der Waals surface area contributed by atoms with E-state index in [0.717, 1.165) is 28.1 Å². The number of aromatic nitrogens is 1. The average Bonchev–Trinajstić information content (AvgIpc) is 2.53. The first-order chi connectivity index (χ1) is 10.1. The first-order valence-corrected chi connectivity index (χ1v) is 8.14. The highest BCUT2D eigenvalue weighted by atomic mass is 32.2. The first-order valence-electron chi connectivity index (χ1n) is 6.92. The van der Waals surface area contributed by atoms with Crippen LogP contribution < -0.4 is 0 Å². The van der Waals surface area contributed by atoms with Crippen molar-refractivity contribution in [1.29, 1.82) is 0 Å². The summed E-state index contributed by atoms with van der Waals surface area (Å²) in [5.41, 5.74) is 2.81. The third-order valence-corrected chi connectivity index (χ3v) is 4.18. The molecule has 3 nitrogen and oxygen atoms in total. The highest BCUT2D eigenvalue weighted by molar-refractivity contribution is 7.98. The molecular weight excluding hydrogens is 280 g/mol. The summed E-state index contributed by atoms with van der Waals surface area (Å²) in [7, 11) is 1.84. The molecule has 0 atom stereocenters. The zero-order chi connectivity index (χ0) is 15.2. The molecule has 0 radical (unpaired) electrons. The van der Waals surface area contributed by atoms with Crippen molar-refractivity contribution in [3.63, 3.8) is 0 Å². The molecule has 21 heavy (non-hydrogen) atoms. The van der Waals surface area contributed by atoms with Gasteiger partial charge in [-0.05, 0) is 43.0 Å². The Morgan fingerprint density at radius 3 is 2.76 bits per heavy atom. The molecule has 2 rings (SSSR count). The first kappa shape index (κ1) is 15.6.